The molecule has 0 saturated carbocycles. The number of benzene rings is 2. The van der Waals surface area contributed by atoms with Crippen molar-refractivity contribution in [3.8, 4) is 5.75 Å². The van der Waals surface area contributed by atoms with Crippen molar-refractivity contribution in [2.24, 2.45) is 0 Å². The molecule has 32 heavy (non-hydrogen) atoms. The molecule has 0 aliphatic heterocycles. The van der Waals surface area contributed by atoms with Gasteiger partial charge in [-0.1, -0.05) is 6.92 Å². The third-order valence-electron chi connectivity index (χ3n) is 4.08. The van der Waals surface area contributed by atoms with E-state index in [4.69, 9.17) is 4.74 Å². The van der Waals surface area contributed by atoms with Crippen molar-refractivity contribution in [1.82, 2.24) is 4.72 Å². The maximum absolute atomic E-state index is 12.2. The molecular weight excluding hydrogens is 453 g/mol. The number of alkyl halides is 3. The molecule has 0 fully saturated rings. The summed E-state index contributed by atoms with van der Waals surface area (Å²) in [5.74, 6) is -2.03. The first-order valence-electron chi connectivity index (χ1n) is 9.35. The quantitative estimate of drug-likeness (QED) is 0.539. The summed E-state index contributed by atoms with van der Waals surface area (Å²) in [6, 6.07) is 9.15. The molecule has 1 unspecified atom stereocenters. The van der Waals surface area contributed by atoms with E-state index in [0.29, 0.717) is 6.42 Å². The van der Waals surface area contributed by atoms with Gasteiger partial charge in [0, 0.05) is 11.7 Å². The number of amides is 1. The fraction of sp³-hybridized carbons (Fsp3) is 0.300. The fourth-order valence-electron chi connectivity index (χ4n) is 2.34. The summed E-state index contributed by atoms with van der Waals surface area (Å²) < 4.78 is 71.9. The van der Waals surface area contributed by atoms with Crippen molar-refractivity contribution >= 4 is 27.6 Å². The standard InChI is InChI=1S/C20H21F3N2O6S/c1-3-13(2)25-32(28,29)17-10-4-14(5-11-17)19(27)30-12-18(26)24-15-6-8-16(9-7-15)31-20(21,22)23/h4-11,13,25H,3,12H2,1-2H3,(H,24,26). The molecule has 1 amide bonds. The number of sulfonamides is 1. The molecule has 0 bridgehead atoms. The highest BCUT2D eigenvalue weighted by Crippen LogP contribution is 2.24. The second-order valence-electron chi connectivity index (χ2n) is 6.65. The van der Waals surface area contributed by atoms with Crippen LogP contribution in [-0.2, 0) is 19.6 Å². The van der Waals surface area contributed by atoms with E-state index in [0.717, 1.165) is 12.1 Å². The first kappa shape index (κ1) is 25.1. The summed E-state index contributed by atoms with van der Waals surface area (Å²) in [6.45, 7) is 2.90. The molecule has 0 radical (unpaired) electrons. The second kappa shape index (κ2) is 10.5. The Bertz CT molecular complexity index is 1040. The van der Waals surface area contributed by atoms with Crippen LogP contribution in [-0.4, -0.2) is 39.3 Å². The van der Waals surface area contributed by atoms with E-state index in [1.54, 1.807) is 6.92 Å². The molecule has 1 atom stereocenters. The molecule has 0 spiro atoms. The molecular formula is C20H21F3N2O6S. The Morgan fingerprint density at radius 3 is 2.16 bits per heavy atom. The average Bonchev–Trinajstić information content (AvgIpc) is 2.72. The van der Waals surface area contributed by atoms with Crippen LogP contribution in [0, 0.1) is 0 Å². The van der Waals surface area contributed by atoms with E-state index in [1.807, 2.05) is 6.92 Å². The van der Waals surface area contributed by atoms with E-state index in [-0.39, 0.29) is 22.2 Å². The number of ether oxygens (including phenoxy) is 2. The zero-order valence-electron chi connectivity index (χ0n) is 17.1. The van der Waals surface area contributed by atoms with Gasteiger partial charge in [0.15, 0.2) is 6.61 Å². The molecule has 0 aliphatic carbocycles. The van der Waals surface area contributed by atoms with E-state index >= 15 is 0 Å². The van der Waals surface area contributed by atoms with Gasteiger partial charge in [-0.05, 0) is 61.9 Å². The highest BCUT2D eigenvalue weighted by atomic mass is 32.2. The predicted octanol–water partition coefficient (Wildman–Crippen LogP) is 3.46. The number of anilines is 1. The zero-order chi connectivity index (χ0) is 23.9. The number of nitrogens with one attached hydrogen (secondary N) is 2. The Labute approximate surface area is 182 Å². The minimum Gasteiger partial charge on any atom is -0.452 e. The molecule has 2 rings (SSSR count). The third-order valence-corrected chi connectivity index (χ3v) is 5.68. The van der Waals surface area contributed by atoms with Gasteiger partial charge in [0.05, 0.1) is 10.5 Å². The Morgan fingerprint density at radius 1 is 1.03 bits per heavy atom. The van der Waals surface area contributed by atoms with Gasteiger partial charge < -0.3 is 14.8 Å². The Morgan fingerprint density at radius 2 is 1.62 bits per heavy atom. The van der Waals surface area contributed by atoms with E-state index in [2.05, 4.69) is 14.8 Å². The van der Waals surface area contributed by atoms with Gasteiger partial charge in [0.1, 0.15) is 5.75 Å². The van der Waals surface area contributed by atoms with Crippen LogP contribution in [0.15, 0.2) is 53.4 Å². The van der Waals surface area contributed by atoms with Crippen molar-refractivity contribution in [1.29, 1.82) is 0 Å². The minimum absolute atomic E-state index is 0.0231. The van der Waals surface area contributed by atoms with Gasteiger partial charge in [-0.3, -0.25) is 4.79 Å². The lowest BCUT2D eigenvalue weighted by atomic mass is 10.2. The summed E-state index contributed by atoms with van der Waals surface area (Å²) in [5.41, 5.74) is 0.206. The number of rotatable bonds is 9. The Hall–Kier alpha value is -3.12. The van der Waals surface area contributed by atoms with Crippen LogP contribution in [0.3, 0.4) is 0 Å². The number of esters is 1. The molecule has 0 saturated heterocycles. The Balaban J connectivity index is 1.88. The van der Waals surface area contributed by atoms with Gasteiger partial charge in [-0.25, -0.2) is 17.9 Å². The maximum atomic E-state index is 12.2. The lowest BCUT2D eigenvalue weighted by Crippen LogP contribution is -2.32. The summed E-state index contributed by atoms with van der Waals surface area (Å²) in [7, 11) is -3.73. The molecule has 0 aliphatic rings. The molecule has 0 aromatic heterocycles. The van der Waals surface area contributed by atoms with Gasteiger partial charge in [-0.2, -0.15) is 0 Å². The van der Waals surface area contributed by atoms with E-state index < -0.39 is 40.6 Å². The minimum atomic E-state index is -4.83. The number of halogens is 3. The average molecular weight is 474 g/mol. The normalized spacial score (nSPS) is 12.7. The van der Waals surface area contributed by atoms with E-state index in [9.17, 15) is 31.2 Å². The van der Waals surface area contributed by atoms with Crippen LogP contribution in [0.5, 0.6) is 5.75 Å². The highest BCUT2D eigenvalue weighted by molar-refractivity contribution is 7.89. The molecule has 8 nitrogen and oxygen atoms in total. The zero-order valence-corrected chi connectivity index (χ0v) is 17.9. The van der Waals surface area contributed by atoms with Gasteiger partial charge in [-0.15, -0.1) is 13.2 Å². The SMILES string of the molecule is CCC(C)NS(=O)(=O)c1ccc(C(=O)OCC(=O)Nc2ccc(OC(F)(F)F)cc2)cc1. The summed E-state index contributed by atoms with van der Waals surface area (Å²) in [5, 5.41) is 2.35. The van der Waals surface area contributed by atoms with Crippen LogP contribution >= 0.6 is 0 Å². The topological polar surface area (TPSA) is 111 Å². The van der Waals surface area contributed by atoms with Crippen LogP contribution in [0.25, 0.3) is 0 Å². The molecule has 2 N–H and O–H groups in total. The first-order valence-corrected chi connectivity index (χ1v) is 10.8. The van der Waals surface area contributed by atoms with Crippen molar-refractivity contribution in [2.45, 2.75) is 37.6 Å². The maximum Gasteiger partial charge on any atom is 0.573 e. The number of hydrogen-bond acceptors (Lipinski definition) is 6. The van der Waals surface area contributed by atoms with Crippen LogP contribution in [0.2, 0.25) is 0 Å². The van der Waals surface area contributed by atoms with E-state index in [1.165, 1.54) is 36.4 Å². The second-order valence-corrected chi connectivity index (χ2v) is 8.37. The van der Waals surface area contributed by atoms with Gasteiger partial charge in [0.2, 0.25) is 10.0 Å². The van der Waals surface area contributed by atoms with Crippen molar-refractivity contribution in [3.63, 3.8) is 0 Å². The monoisotopic (exact) mass is 474 g/mol. The molecule has 12 heteroatoms. The highest BCUT2D eigenvalue weighted by Gasteiger charge is 2.31. The fourth-order valence-corrected chi connectivity index (χ4v) is 3.66. The smallest absolute Gasteiger partial charge is 0.452 e. The summed E-state index contributed by atoms with van der Waals surface area (Å²) >= 11 is 0. The van der Waals surface area contributed by atoms with Crippen molar-refractivity contribution in [3.05, 3.63) is 54.1 Å². The Kier molecular flexibility index (Phi) is 8.22. The molecule has 2 aromatic carbocycles. The van der Waals surface area contributed by atoms with Gasteiger partial charge in [0.25, 0.3) is 5.91 Å². The summed E-state index contributed by atoms with van der Waals surface area (Å²) in [6.07, 6.45) is -4.22. The molecule has 0 heterocycles. The number of hydrogen-bond donors (Lipinski definition) is 2. The van der Waals surface area contributed by atoms with Crippen LogP contribution < -0.4 is 14.8 Å². The largest absolute Gasteiger partial charge is 0.573 e. The third kappa shape index (κ3) is 7.85. The number of carbonyl (C=O) groups excluding carboxylic acids is 2. The van der Waals surface area contributed by atoms with Gasteiger partial charge >= 0.3 is 12.3 Å². The lowest BCUT2D eigenvalue weighted by molar-refractivity contribution is -0.274. The van der Waals surface area contributed by atoms with Crippen LogP contribution in [0.4, 0.5) is 18.9 Å². The predicted molar refractivity (Wildman–Crippen MR) is 109 cm³/mol. The summed E-state index contributed by atoms with van der Waals surface area (Å²) in [4.78, 5) is 23.9. The number of carbonyl (C=O) groups is 2. The first-order chi connectivity index (χ1) is 14.9. The van der Waals surface area contributed by atoms with Crippen LogP contribution in [0.1, 0.15) is 30.6 Å². The van der Waals surface area contributed by atoms with Crippen molar-refractivity contribution in [2.75, 3.05) is 11.9 Å². The molecule has 174 valence electrons. The van der Waals surface area contributed by atoms with Crippen molar-refractivity contribution < 1.29 is 40.7 Å². The molecule has 2 aromatic rings. The lowest BCUT2D eigenvalue weighted by Gasteiger charge is -2.12.